The van der Waals surface area contributed by atoms with Crippen LogP contribution in [-0.2, 0) is 4.79 Å². The summed E-state index contributed by atoms with van der Waals surface area (Å²) in [5, 5.41) is 9.84. The lowest BCUT2D eigenvalue weighted by Gasteiger charge is -2.22. The minimum atomic E-state index is -1.07. The van der Waals surface area contributed by atoms with E-state index >= 15 is 0 Å². The van der Waals surface area contributed by atoms with E-state index in [2.05, 4.69) is 0 Å². The highest BCUT2D eigenvalue weighted by molar-refractivity contribution is 5.85. The van der Waals surface area contributed by atoms with Gasteiger partial charge in [-0.25, -0.2) is 0 Å². The van der Waals surface area contributed by atoms with E-state index in [0.29, 0.717) is 5.76 Å². The first kappa shape index (κ1) is 14.0. The maximum Gasteiger partial charge on any atom is 0.242 e. The van der Waals surface area contributed by atoms with Crippen molar-refractivity contribution in [2.75, 3.05) is 13.1 Å². The van der Waals surface area contributed by atoms with Crippen molar-refractivity contribution in [1.82, 2.24) is 4.90 Å². The monoisotopic (exact) mass is 260 g/mol. The van der Waals surface area contributed by atoms with Gasteiger partial charge in [-0.15, -0.1) is 12.4 Å². The Morgan fingerprint density at radius 1 is 1.47 bits per heavy atom. The summed E-state index contributed by atoms with van der Waals surface area (Å²) in [5.74, 6) is 0.126. The number of carbonyl (C=O) groups excluding carboxylic acids is 1. The van der Waals surface area contributed by atoms with Gasteiger partial charge in [-0.1, -0.05) is 0 Å². The Balaban J connectivity index is 0.00000144. The first-order valence-electron chi connectivity index (χ1n) is 5.46. The number of halogens is 1. The molecule has 0 unspecified atom stereocenters. The van der Waals surface area contributed by atoms with Crippen LogP contribution in [-0.4, -0.2) is 35.0 Å². The van der Waals surface area contributed by atoms with Gasteiger partial charge < -0.3 is 20.2 Å². The lowest BCUT2D eigenvalue weighted by atomic mass is 10.1. The Morgan fingerprint density at radius 2 is 2.12 bits per heavy atom. The third-order valence-electron chi connectivity index (χ3n) is 2.88. The maximum absolute atomic E-state index is 11.9. The zero-order chi connectivity index (χ0) is 11.5. The van der Waals surface area contributed by atoms with Gasteiger partial charge in [0, 0.05) is 13.1 Å². The van der Waals surface area contributed by atoms with Crippen molar-refractivity contribution in [2.45, 2.75) is 25.0 Å². The van der Waals surface area contributed by atoms with Crippen molar-refractivity contribution in [3.8, 4) is 0 Å². The molecule has 1 aromatic heterocycles. The smallest absolute Gasteiger partial charge is 0.242 e. The predicted octanol–water partition coefficient (Wildman–Crippen LogP) is 0.684. The topological polar surface area (TPSA) is 79.7 Å². The van der Waals surface area contributed by atoms with E-state index in [0.717, 1.165) is 25.9 Å². The molecule has 1 amide bonds. The van der Waals surface area contributed by atoms with Crippen LogP contribution in [0.3, 0.4) is 0 Å². The quantitative estimate of drug-likeness (QED) is 0.838. The standard InChI is InChI=1S/C11H16N2O3.ClH/c12-9(10(14)8-4-3-7-16-8)11(15)13-5-1-2-6-13;/h3-4,7,9-10,14H,1-2,5-6,12H2;1H/t9-,10+;/m1./s1. The predicted molar refractivity (Wildman–Crippen MR) is 64.7 cm³/mol. The minimum Gasteiger partial charge on any atom is -0.467 e. The van der Waals surface area contributed by atoms with E-state index in [4.69, 9.17) is 10.2 Å². The number of nitrogens with two attached hydrogens (primary N) is 1. The number of aliphatic hydroxyl groups excluding tert-OH is 1. The lowest BCUT2D eigenvalue weighted by Crippen LogP contribution is -2.45. The molecule has 0 aliphatic carbocycles. The van der Waals surface area contributed by atoms with Crippen molar-refractivity contribution in [1.29, 1.82) is 0 Å². The second-order valence-corrected chi connectivity index (χ2v) is 4.02. The molecule has 1 fully saturated rings. The van der Waals surface area contributed by atoms with E-state index in [1.54, 1.807) is 17.0 Å². The van der Waals surface area contributed by atoms with E-state index in [9.17, 15) is 9.90 Å². The molecule has 0 bridgehead atoms. The number of likely N-dealkylation sites (tertiary alicyclic amines) is 1. The Bertz CT molecular complexity index is 350. The highest BCUT2D eigenvalue weighted by Gasteiger charge is 2.30. The van der Waals surface area contributed by atoms with E-state index in [1.165, 1.54) is 6.26 Å². The van der Waals surface area contributed by atoms with Crippen LogP contribution < -0.4 is 5.73 Å². The van der Waals surface area contributed by atoms with Gasteiger partial charge in [-0.3, -0.25) is 4.79 Å². The molecule has 2 heterocycles. The number of rotatable bonds is 3. The van der Waals surface area contributed by atoms with E-state index in [1.807, 2.05) is 0 Å². The van der Waals surface area contributed by atoms with Crippen LogP contribution in [0.25, 0.3) is 0 Å². The molecule has 6 heteroatoms. The average Bonchev–Trinajstić information content (AvgIpc) is 2.97. The molecule has 0 radical (unpaired) electrons. The molecule has 0 saturated carbocycles. The maximum atomic E-state index is 11.9. The van der Waals surface area contributed by atoms with Gasteiger partial charge in [0.1, 0.15) is 17.9 Å². The van der Waals surface area contributed by atoms with Crippen LogP contribution in [0.1, 0.15) is 24.7 Å². The summed E-state index contributed by atoms with van der Waals surface area (Å²) in [6.45, 7) is 1.47. The molecule has 1 aliphatic rings. The van der Waals surface area contributed by atoms with Crippen molar-refractivity contribution in [3.05, 3.63) is 24.2 Å². The Labute approximate surface area is 106 Å². The lowest BCUT2D eigenvalue weighted by molar-refractivity contribution is -0.134. The average molecular weight is 261 g/mol. The third kappa shape index (κ3) is 3.00. The molecule has 17 heavy (non-hydrogen) atoms. The largest absolute Gasteiger partial charge is 0.467 e. The van der Waals surface area contributed by atoms with Gasteiger partial charge in [0.05, 0.1) is 6.26 Å². The van der Waals surface area contributed by atoms with Gasteiger partial charge in [0.2, 0.25) is 5.91 Å². The first-order chi connectivity index (χ1) is 7.70. The number of aliphatic hydroxyl groups is 1. The molecule has 0 spiro atoms. The molecule has 96 valence electrons. The van der Waals surface area contributed by atoms with Crippen LogP contribution in [0.15, 0.2) is 22.8 Å². The van der Waals surface area contributed by atoms with Crippen molar-refractivity contribution in [3.63, 3.8) is 0 Å². The van der Waals surface area contributed by atoms with E-state index in [-0.39, 0.29) is 18.3 Å². The summed E-state index contributed by atoms with van der Waals surface area (Å²) in [7, 11) is 0. The van der Waals surface area contributed by atoms with Gasteiger partial charge in [-0.05, 0) is 25.0 Å². The molecule has 1 aliphatic heterocycles. The third-order valence-corrected chi connectivity index (χ3v) is 2.88. The molecule has 2 rings (SSSR count). The van der Waals surface area contributed by atoms with Crippen molar-refractivity contribution in [2.24, 2.45) is 5.73 Å². The Morgan fingerprint density at radius 3 is 2.65 bits per heavy atom. The molecule has 1 saturated heterocycles. The van der Waals surface area contributed by atoms with Crippen molar-refractivity contribution >= 4 is 18.3 Å². The Kier molecular flexibility index (Phi) is 4.99. The zero-order valence-electron chi connectivity index (χ0n) is 9.41. The second-order valence-electron chi connectivity index (χ2n) is 4.02. The molecular weight excluding hydrogens is 244 g/mol. The number of amides is 1. The number of hydrogen-bond acceptors (Lipinski definition) is 4. The number of carbonyl (C=O) groups is 1. The number of hydrogen-bond donors (Lipinski definition) is 2. The normalized spacial score (nSPS) is 18.6. The summed E-state index contributed by atoms with van der Waals surface area (Å²) in [4.78, 5) is 13.6. The van der Waals surface area contributed by atoms with Gasteiger partial charge >= 0.3 is 0 Å². The van der Waals surface area contributed by atoms with Crippen LogP contribution in [0, 0.1) is 0 Å². The van der Waals surface area contributed by atoms with Crippen LogP contribution in [0.5, 0.6) is 0 Å². The van der Waals surface area contributed by atoms with Crippen LogP contribution in [0.2, 0.25) is 0 Å². The molecular formula is C11H17ClN2O3. The van der Waals surface area contributed by atoms with Crippen molar-refractivity contribution < 1.29 is 14.3 Å². The van der Waals surface area contributed by atoms with Crippen LogP contribution in [0.4, 0.5) is 0 Å². The molecule has 2 atom stereocenters. The first-order valence-corrected chi connectivity index (χ1v) is 5.46. The summed E-state index contributed by atoms with van der Waals surface area (Å²) in [6, 6.07) is 2.33. The fourth-order valence-corrected chi connectivity index (χ4v) is 1.92. The fourth-order valence-electron chi connectivity index (χ4n) is 1.92. The van der Waals surface area contributed by atoms with Gasteiger partial charge in [-0.2, -0.15) is 0 Å². The fraction of sp³-hybridized carbons (Fsp3) is 0.545. The SMILES string of the molecule is Cl.N[C@@H](C(=O)N1CCCC1)[C@@H](O)c1ccco1. The summed E-state index contributed by atoms with van der Waals surface area (Å²) >= 11 is 0. The van der Waals surface area contributed by atoms with Crippen LogP contribution >= 0.6 is 12.4 Å². The molecule has 0 aromatic carbocycles. The molecule has 1 aromatic rings. The summed E-state index contributed by atoms with van der Waals surface area (Å²) in [5.41, 5.74) is 5.73. The zero-order valence-corrected chi connectivity index (χ0v) is 10.2. The minimum absolute atomic E-state index is 0. The second kappa shape index (κ2) is 6.05. The molecule has 3 N–H and O–H groups in total. The van der Waals surface area contributed by atoms with Gasteiger partial charge in [0.15, 0.2) is 0 Å². The Hall–Kier alpha value is -1.04. The highest BCUT2D eigenvalue weighted by Crippen LogP contribution is 2.19. The summed E-state index contributed by atoms with van der Waals surface area (Å²) in [6.07, 6.45) is 2.40. The highest BCUT2D eigenvalue weighted by atomic mass is 35.5. The van der Waals surface area contributed by atoms with E-state index < -0.39 is 12.1 Å². The number of nitrogens with zero attached hydrogens (tertiary/aromatic N) is 1. The molecule has 5 nitrogen and oxygen atoms in total. The summed E-state index contributed by atoms with van der Waals surface area (Å²) < 4.78 is 5.03. The number of furan rings is 1. The van der Waals surface area contributed by atoms with Gasteiger partial charge in [0.25, 0.3) is 0 Å².